The minimum Gasteiger partial charge on any atom is -0.495 e. The van der Waals surface area contributed by atoms with Gasteiger partial charge in [0.25, 0.3) is 0 Å². The van der Waals surface area contributed by atoms with Crippen molar-refractivity contribution in [3.05, 3.63) is 23.2 Å². The summed E-state index contributed by atoms with van der Waals surface area (Å²) < 4.78 is 5.02. The van der Waals surface area contributed by atoms with Crippen molar-refractivity contribution in [1.29, 1.82) is 0 Å². The van der Waals surface area contributed by atoms with Crippen LogP contribution in [-0.4, -0.2) is 32.6 Å². The Labute approximate surface area is 110 Å². The number of nitrogens with one attached hydrogen (secondary N) is 2. The molecule has 0 fully saturated rings. The van der Waals surface area contributed by atoms with Crippen molar-refractivity contribution in [2.45, 2.75) is 0 Å². The Balaban J connectivity index is 2.67. The van der Waals surface area contributed by atoms with E-state index in [1.807, 2.05) is 0 Å². The maximum atomic E-state index is 11.0. The largest absolute Gasteiger partial charge is 0.495 e. The van der Waals surface area contributed by atoms with Gasteiger partial charge in [0.15, 0.2) is 5.96 Å². The summed E-state index contributed by atoms with van der Waals surface area (Å²) >= 11 is 5.95. The quantitative estimate of drug-likeness (QED) is 0.558. The van der Waals surface area contributed by atoms with E-state index in [1.54, 1.807) is 18.2 Å². The number of hydrogen-bond donors (Lipinski definition) is 3. The fourth-order valence-corrected chi connectivity index (χ4v) is 1.43. The van der Waals surface area contributed by atoms with Crippen LogP contribution in [-0.2, 0) is 4.79 Å². The predicted molar refractivity (Wildman–Crippen MR) is 72.2 cm³/mol. The molecule has 0 aliphatic heterocycles. The molecule has 1 aromatic rings. The lowest BCUT2D eigenvalue weighted by Crippen LogP contribution is -2.27. The van der Waals surface area contributed by atoms with E-state index in [1.165, 1.54) is 14.2 Å². The molecule has 0 spiro atoms. The molecular formula is C11H15ClN4O2. The van der Waals surface area contributed by atoms with Gasteiger partial charge in [0.2, 0.25) is 5.91 Å². The van der Waals surface area contributed by atoms with E-state index < -0.39 is 0 Å². The lowest BCUT2D eigenvalue weighted by Gasteiger charge is -2.08. The smallest absolute Gasteiger partial charge is 0.241 e. The molecule has 0 bridgehead atoms. The molecule has 0 saturated heterocycles. The molecule has 0 saturated carbocycles. The summed E-state index contributed by atoms with van der Waals surface area (Å²) in [7, 11) is 3.07. The molecule has 1 aromatic carbocycles. The van der Waals surface area contributed by atoms with Gasteiger partial charge in [0.05, 0.1) is 12.1 Å². The zero-order valence-electron chi connectivity index (χ0n) is 10.2. The zero-order valence-corrected chi connectivity index (χ0v) is 10.9. The number of halogens is 1. The summed E-state index contributed by atoms with van der Waals surface area (Å²) in [6, 6.07) is 5.10. The average molecular weight is 271 g/mol. The molecule has 0 aliphatic carbocycles. The highest BCUT2D eigenvalue weighted by Crippen LogP contribution is 2.26. The minimum atomic E-state index is -0.215. The third-order valence-corrected chi connectivity index (χ3v) is 2.39. The number of anilines is 1. The van der Waals surface area contributed by atoms with Crippen LogP contribution in [0.15, 0.2) is 23.2 Å². The van der Waals surface area contributed by atoms with E-state index in [4.69, 9.17) is 22.1 Å². The van der Waals surface area contributed by atoms with Crippen molar-refractivity contribution < 1.29 is 9.53 Å². The fourth-order valence-electron chi connectivity index (χ4n) is 1.17. The molecule has 0 radical (unpaired) electrons. The van der Waals surface area contributed by atoms with Crippen LogP contribution in [0.25, 0.3) is 0 Å². The third kappa shape index (κ3) is 4.14. The van der Waals surface area contributed by atoms with Crippen molar-refractivity contribution >= 4 is 29.2 Å². The van der Waals surface area contributed by atoms with Crippen LogP contribution in [0.2, 0.25) is 5.02 Å². The van der Waals surface area contributed by atoms with Crippen LogP contribution in [0.1, 0.15) is 0 Å². The predicted octanol–water partition coefficient (Wildman–Crippen LogP) is 0.821. The molecule has 0 aliphatic rings. The number of nitrogens with two attached hydrogens (primary N) is 1. The van der Waals surface area contributed by atoms with Gasteiger partial charge in [-0.3, -0.25) is 4.79 Å². The van der Waals surface area contributed by atoms with Crippen LogP contribution in [0.5, 0.6) is 5.75 Å². The maximum Gasteiger partial charge on any atom is 0.241 e. The van der Waals surface area contributed by atoms with Crippen molar-refractivity contribution in [2.24, 2.45) is 10.7 Å². The summed E-state index contributed by atoms with van der Waals surface area (Å²) in [6.45, 7) is -0.0286. The first-order valence-corrected chi connectivity index (χ1v) is 5.55. The number of amides is 1. The second-order valence-electron chi connectivity index (χ2n) is 3.35. The molecule has 7 heteroatoms. The standard InChI is InChI=1S/C11H15ClN4O2/c1-14-10(17)6-15-11(13)16-7-3-4-9(18-2)8(12)5-7/h3-5H,6H2,1-2H3,(H,14,17)(H3,13,15,16). The molecule has 0 atom stereocenters. The number of ether oxygens (including phenoxy) is 1. The van der Waals surface area contributed by atoms with Crippen molar-refractivity contribution in [3.8, 4) is 5.75 Å². The van der Waals surface area contributed by atoms with Crippen molar-refractivity contribution in [1.82, 2.24) is 5.32 Å². The van der Waals surface area contributed by atoms with Gasteiger partial charge in [-0.15, -0.1) is 0 Å². The first-order valence-electron chi connectivity index (χ1n) is 5.18. The van der Waals surface area contributed by atoms with Gasteiger partial charge < -0.3 is 21.1 Å². The molecule has 18 heavy (non-hydrogen) atoms. The van der Waals surface area contributed by atoms with Crippen LogP contribution in [0.4, 0.5) is 5.69 Å². The highest BCUT2D eigenvalue weighted by molar-refractivity contribution is 6.32. The lowest BCUT2D eigenvalue weighted by atomic mass is 10.3. The number of hydrogen-bond acceptors (Lipinski definition) is 3. The van der Waals surface area contributed by atoms with Crippen LogP contribution >= 0.6 is 11.6 Å². The van der Waals surface area contributed by atoms with E-state index in [-0.39, 0.29) is 18.4 Å². The van der Waals surface area contributed by atoms with E-state index in [9.17, 15) is 4.79 Å². The lowest BCUT2D eigenvalue weighted by molar-refractivity contribution is -0.119. The Kier molecular flexibility index (Phi) is 5.26. The van der Waals surface area contributed by atoms with Crippen molar-refractivity contribution in [2.75, 3.05) is 26.0 Å². The first-order chi connectivity index (χ1) is 8.56. The topological polar surface area (TPSA) is 88.7 Å². The Morgan fingerprint density at radius 2 is 2.28 bits per heavy atom. The number of nitrogens with zero attached hydrogens (tertiary/aromatic N) is 1. The van der Waals surface area contributed by atoms with Gasteiger partial charge >= 0.3 is 0 Å². The fraction of sp³-hybridized carbons (Fsp3) is 0.273. The summed E-state index contributed by atoms with van der Waals surface area (Å²) in [6.07, 6.45) is 0. The van der Waals surface area contributed by atoms with Gasteiger partial charge in [-0.25, -0.2) is 4.99 Å². The third-order valence-electron chi connectivity index (χ3n) is 2.10. The van der Waals surface area contributed by atoms with Crippen molar-refractivity contribution in [3.63, 3.8) is 0 Å². The minimum absolute atomic E-state index is 0.0286. The van der Waals surface area contributed by atoms with E-state index >= 15 is 0 Å². The molecular weight excluding hydrogens is 256 g/mol. The summed E-state index contributed by atoms with van der Waals surface area (Å²) in [5, 5.41) is 5.72. The number of benzene rings is 1. The highest BCUT2D eigenvalue weighted by atomic mass is 35.5. The molecule has 1 amide bonds. The van der Waals surface area contributed by atoms with Gasteiger partial charge in [-0.2, -0.15) is 0 Å². The number of guanidine groups is 1. The zero-order chi connectivity index (χ0) is 13.5. The average Bonchev–Trinajstić information content (AvgIpc) is 2.36. The van der Waals surface area contributed by atoms with Crippen LogP contribution in [0, 0.1) is 0 Å². The van der Waals surface area contributed by atoms with E-state index in [2.05, 4.69) is 15.6 Å². The number of methoxy groups -OCH3 is 1. The van der Waals surface area contributed by atoms with Crippen LogP contribution < -0.4 is 21.1 Å². The molecule has 4 N–H and O–H groups in total. The Bertz CT molecular complexity index is 462. The summed E-state index contributed by atoms with van der Waals surface area (Å²) in [5.74, 6) is 0.496. The second-order valence-corrected chi connectivity index (χ2v) is 3.76. The number of aliphatic imine (C=N–C) groups is 1. The molecule has 0 unspecified atom stereocenters. The normalized spacial score (nSPS) is 10.9. The SMILES string of the molecule is CNC(=O)CN=C(N)Nc1ccc(OC)c(Cl)c1. The summed E-state index contributed by atoms with van der Waals surface area (Å²) in [4.78, 5) is 14.8. The highest BCUT2D eigenvalue weighted by Gasteiger charge is 2.03. The number of carbonyl (C=O) groups excluding carboxylic acids is 1. The monoisotopic (exact) mass is 270 g/mol. The maximum absolute atomic E-state index is 11.0. The number of likely N-dealkylation sites (N-methyl/N-ethyl adjacent to an activating group) is 1. The molecule has 6 nitrogen and oxygen atoms in total. The second kappa shape index (κ2) is 6.70. The van der Waals surface area contributed by atoms with E-state index in [0.717, 1.165) is 0 Å². The van der Waals surface area contributed by atoms with Gasteiger partial charge in [-0.05, 0) is 18.2 Å². The Morgan fingerprint density at radius 1 is 1.56 bits per heavy atom. The first kappa shape index (κ1) is 14.1. The molecule has 1 rings (SSSR count). The van der Waals surface area contributed by atoms with E-state index in [0.29, 0.717) is 16.5 Å². The Morgan fingerprint density at radius 3 is 2.83 bits per heavy atom. The Hall–Kier alpha value is -1.95. The number of rotatable bonds is 4. The number of carbonyl (C=O) groups is 1. The van der Waals surface area contributed by atoms with Gasteiger partial charge in [-0.1, -0.05) is 11.6 Å². The van der Waals surface area contributed by atoms with Gasteiger partial charge in [0.1, 0.15) is 12.3 Å². The molecule has 0 heterocycles. The molecule has 0 aromatic heterocycles. The molecule has 98 valence electrons. The summed E-state index contributed by atoms with van der Waals surface area (Å²) in [5.41, 5.74) is 6.28. The van der Waals surface area contributed by atoms with Gasteiger partial charge in [0, 0.05) is 12.7 Å². The van der Waals surface area contributed by atoms with Crippen LogP contribution in [0.3, 0.4) is 0 Å².